The number of ether oxygens (including phenoxy) is 2. The monoisotopic (exact) mass is 373 g/mol. The van der Waals surface area contributed by atoms with Gasteiger partial charge in [-0.2, -0.15) is 0 Å². The van der Waals surface area contributed by atoms with Crippen molar-refractivity contribution in [2.75, 3.05) is 6.54 Å². The number of ketones is 2. The van der Waals surface area contributed by atoms with Crippen LogP contribution in [0.5, 0.6) is 5.75 Å². The Hall–Kier alpha value is -2.96. The second-order valence-corrected chi connectivity index (χ2v) is 7.21. The first kappa shape index (κ1) is 20.4. The van der Waals surface area contributed by atoms with Crippen molar-refractivity contribution < 1.29 is 28.7 Å². The first-order valence-corrected chi connectivity index (χ1v) is 8.58. The number of hydrogen-bond donors (Lipinski definition) is 1. The standard InChI is InChI=1S/C20H23NO6/c1-11-13(9-10-21-19(25)27-20(3,4)5)18(24)16-14(17(11)23)7-6-8-15(16)26-12(2)22/h6-8H,9-10H2,1-5H3,(H,21,25). The first-order valence-electron chi connectivity index (χ1n) is 8.58. The summed E-state index contributed by atoms with van der Waals surface area (Å²) in [6, 6.07) is 4.56. The van der Waals surface area contributed by atoms with Crippen LogP contribution in [-0.2, 0) is 9.53 Å². The minimum atomic E-state index is -0.631. The van der Waals surface area contributed by atoms with Crippen LogP contribution in [0.4, 0.5) is 4.79 Å². The van der Waals surface area contributed by atoms with Gasteiger partial charge >= 0.3 is 12.1 Å². The molecule has 1 aromatic rings. The molecule has 2 rings (SSSR count). The molecule has 0 spiro atoms. The molecular formula is C20H23NO6. The summed E-state index contributed by atoms with van der Waals surface area (Å²) in [6.45, 7) is 8.17. The topological polar surface area (TPSA) is 98.8 Å². The third-order valence-corrected chi connectivity index (χ3v) is 3.86. The van der Waals surface area contributed by atoms with E-state index in [9.17, 15) is 19.2 Å². The van der Waals surface area contributed by atoms with Crippen molar-refractivity contribution in [1.82, 2.24) is 5.32 Å². The summed E-state index contributed by atoms with van der Waals surface area (Å²) >= 11 is 0. The van der Waals surface area contributed by atoms with Crippen LogP contribution in [0, 0.1) is 0 Å². The van der Waals surface area contributed by atoms with Crippen molar-refractivity contribution >= 4 is 23.6 Å². The van der Waals surface area contributed by atoms with Gasteiger partial charge in [0.05, 0.1) is 5.56 Å². The highest BCUT2D eigenvalue weighted by Crippen LogP contribution is 2.33. The van der Waals surface area contributed by atoms with Crippen LogP contribution in [0.15, 0.2) is 29.3 Å². The molecule has 0 atom stereocenters. The summed E-state index contributed by atoms with van der Waals surface area (Å²) < 4.78 is 10.2. The SMILES string of the molecule is CC(=O)Oc1cccc2c1C(=O)C(CCNC(=O)OC(C)(C)C)=C(C)C2=O. The number of benzene rings is 1. The molecule has 0 unspecified atom stereocenters. The fraction of sp³-hybridized carbons (Fsp3) is 0.400. The van der Waals surface area contributed by atoms with E-state index in [1.165, 1.54) is 19.1 Å². The smallest absolute Gasteiger partial charge is 0.407 e. The predicted molar refractivity (Wildman–Crippen MR) is 98.0 cm³/mol. The van der Waals surface area contributed by atoms with E-state index in [4.69, 9.17) is 9.47 Å². The van der Waals surface area contributed by atoms with Crippen molar-refractivity contribution in [2.45, 2.75) is 46.6 Å². The minimum absolute atomic E-state index is 0.0588. The molecule has 0 saturated carbocycles. The van der Waals surface area contributed by atoms with Gasteiger partial charge in [0.1, 0.15) is 11.4 Å². The maximum absolute atomic E-state index is 12.9. The molecule has 7 nitrogen and oxygen atoms in total. The van der Waals surface area contributed by atoms with Crippen LogP contribution in [0.2, 0.25) is 0 Å². The van der Waals surface area contributed by atoms with E-state index in [1.54, 1.807) is 33.8 Å². The maximum Gasteiger partial charge on any atom is 0.407 e. The number of Topliss-reactive ketones (excluding diaryl/α,β-unsaturated/α-hetero) is 2. The second-order valence-electron chi connectivity index (χ2n) is 7.21. The van der Waals surface area contributed by atoms with Crippen molar-refractivity contribution in [1.29, 1.82) is 0 Å². The van der Waals surface area contributed by atoms with Gasteiger partial charge in [-0.3, -0.25) is 14.4 Å². The summed E-state index contributed by atoms with van der Waals surface area (Å²) in [5, 5.41) is 2.57. The van der Waals surface area contributed by atoms with E-state index in [0.717, 1.165) is 0 Å². The van der Waals surface area contributed by atoms with E-state index in [0.29, 0.717) is 5.57 Å². The van der Waals surface area contributed by atoms with Crippen molar-refractivity contribution in [3.8, 4) is 5.75 Å². The van der Waals surface area contributed by atoms with Gasteiger partial charge in [-0.1, -0.05) is 12.1 Å². The third kappa shape index (κ3) is 4.81. The van der Waals surface area contributed by atoms with Crippen LogP contribution in [0.1, 0.15) is 61.8 Å². The lowest BCUT2D eigenvalue weighted by Crippen LogP contribution is -2.34. The number of fused-ring (bicyclic) bond motifs is 1. The third-order valence-electron chi connectivity index (χ3n) is 3.86. The van der Waals surface area contributed by atoms with Gasteiger partial charge in [0.15, 0.2) is 11.6 Å². The number of carbonyl (C=O) groups excluding carboxylic acids is 4. The summed E-state index contributed by atoms with van der Waals surface area (Å²) in [5.41, 5.74) is 0.255. The molecule has 0 fully saturated rings. The van der Waals surface area contributed by atoms with Crippen LogP contribution >= 0.6 is 0 Å². The second kappa shape index (κ2) is 7.73. The van der Waals surface area contributed by atoms with Gasteiger partial charge in [-0.05, 0) is 40.2 Å². The van der Waals surface area contributed by atoms with Crippen LogP contribution in [0.25, 0.3) is 0 Å². The Morgan fingerprint density at radius 1 is 1.11 bits per heavy atom. The lowest BCUT2D eigenvalue weighted by atomic mass is 9.83. The van der Waals surface area contributed by atoms with Crippen LogP contribution in [0.3, 0.4) is 0 Å². The highest BCUT2D eigenvalue weighted by atomic mass is 16.6. The molecule has 0 saturated heterocycles. The summed E-state index contributed by atoms with van der Waals surface area (Å²) in [7, 11) is 0. The first-order chi connectivity index (χ1) is 12.5. The normalized spacial score (nSPS) is 14.0. The van der Waals surface area contributed by atoms with Gasteiger partial charge in [0.2, 0.25) is 0 Å². The van der Waals surface area contributed by atoms with E-state index < -0.39 is 17.7 Å². The quantitative estimate of drug-likeness (QED) is 0.643. The molecule has 1 N–H and O–H groups in total. The Bertz CT molecular complexity index is 845. The molecule has 144 valence electrons. The summed E-state index contributed by atoms with van der Waals surface area (Å²) in [6.07, 6.45) is -0.444. The number of nitrogens with one attached hydrogen (secondary N) is 1. The highest BCUT2D eigenvalue weighted by molar-refractivity contribution is 6.27. The number of carbonyl (C=O) groups is 4. The van der Waals surface area contributed by atoms with Gasteiger partial charge in [0, 0.05) is 30.2 Å². The average Bonchev–Trinajstić information content (AvgIpc) is 2.53. The average molecular weight is 373 g/mol. The zero-order valence-electron chi connectivity index (χ0n) is 16.1. The zero-order chi connectivity index (χ0) is 20.4. The summed E-state index contributed by atoms with van der Waals surface area (Å²) in [5.74, 6) is -1.21. The molecule has 27 heavy (non-hydrogen) atoms. The lowest BCUT2D eigenvalue weighted by Gasteiger charge is -2.22. The number of esters is 1. The van der Waals surface area contributed by atoms with Crippen molar-refractivity contribution in [3.05, 3.63) is 40.5 Å². The number of allylic oxidation sites excluding steroid dienone is 1. The van der Waals surface area contributed by atoms with Gasteiger partial charge in [-0.15, -0.1) is 0 Å². The van der Waals surface area contributed by atoms with Crippen LogP contribution in [-0.4, -0.2) is 35.8 Å². The Labute approximate surface area is 157 Å². The fourth-order valence-corrected chi connectivity index (χ4v) is 2.76. The lowest BCUT2D eigenvalue weighted by molar-refractivity contribution is -0.131. The molecule has 0 aromatic heterocycles. The molecule has 1 aliphatic carbocycles. The van der Waals surface area contributed by atoms with Crippen LogP contribution < -0.4 is 10.1 Å². The Balaban J connectivity index is 2.21. The van der Waals surface area contributed by atoms with Gasteiger partial charge in [-0.25, -0.2) is 4.79 Å². The van der Waals surface area contributed by atoms with E-state index in [-0.39, 0.29) is 47.0 Å². The largest absolute Gasteiger partial charge is 0.444 e. The maximum atomic E-state index is 12.9. The predicted octanol–water partition coefficient (Wildman–Crippen LogP) is 3.22. The Morgan fingerprint density at radius 3 is 2.37 bits per heavy atom. The van der Waals surface area contributed by atoms with Crippen molar-refractivity contribution in [2.24, 2.45) is 0 Å². The molecule has 0 radical (unpaired) electrons. The zero-order valence-corrected chi connectivity index (χ0v) is 16.1. The summed E-state index contributed by atoms with van der Waals surface area (Å²) in [4.78, 5) is 48.6. The van der Waals surface area contributed by atoms with E-state index in [1.807, 2.05) is 0 Å². The molecule has 1 aliphatic rings. The minimum Gasteiger partial charge on any atom is -0.444 e. The number of amides is 1. The highest BCUT2D eigenvalue weighted by Gasteiger charge is 2.32. The van der Waals surface area contributed by atoms with Gasteiger partial charge < -0.3 is 14.8 Å². The van der Waals surface area contributed by atoms with E-state index in [2.05, 4.69) is 5.32 Å². The number of rotatable bonds is 4. The van der Waals surface area contributed by atoms with E-state index >= 15 is 0 Å². The number of hydrogen-bond acceptors (Lipinski definition) is 6. The molecule has 0 aliphatic heterocycles. The van der Waals surface area contributed by atoms with Crippen molar-refractivity contribution in [3.63, 3.8) is 0 Å². The molecule has 1 amide bonds. The Kier molecular flexibility index (Phi) is 5.83. The van der Waals surface area contributed by atoms with Gasteiger partial charge in [0.25, 0.3) is 0 Å². The molecule has 1 aromatic carbocycles. The molecule has 0 heterocycles. The fourth-order valence-electron chi connectivity index (χ4n) is 2.76. The Morgan fingerprint density at radius 2 is 1.78 bits per heavy atom. The molecule has 7 heteroatoms. The molecular weight excluding hydrogens is 350 g/mol. The number of alkyl carbamates (subject to hydrolysis) is 1. The molecule has 0 bridgehead atoms.